The normalized spacial score (nSPS) is 29.0. The van der Waals surface area contributed by atoms with Crippen molar-refractivity contribution in [3.63, 3.8) is 0 Å². The number of anilines is 1. The van der Waals surface area contributed by atoms with E-state index in [-0.39, 0.29) is 6.04 Å². The van der Waals surface area contributed by atoms with Gasteiger partial charge in [0.25, 0.3) is 0 Å². The van der Waals surface area contributed by atoms with Gasteiger partial charge in [-0.3, -0.25) is 0 Å². The van der Waals surface area contributed by atoms with Crippen molar-refractivity contribution in [2.75, 3.05) is 11.9 Å². The summed E-state index contributed by atoms with van der Waals surface area (Å²) < 4.78 is 28.1. The summed E-state index contributed by atoms with van der Waals surface area (Å²) in [6.45, 7) is 5.31. The largest absolute Gasteiger partial charge is 0.384 e. The van der Waals surface area contributed by atoms with E-state index in [0.717, 1.165) is 37.1 Å². The Hall–Kier alpha value is -1.07. The second-order valence-corrected chi connectivity index (χ2v) is 8.45. The van der Waals surface area contributed by atoms with Gasteiger partial charge in [-0.1, -0.05) is 13.8 Å². The topological polar surface area (TPSA) is 58.2 Å². The first-order chi connectivity index (χ1) is 9.94. The standard InChI is InChI=1S/C16H24N2O2S/c1-11-7-12(2)9-14(8-11)18-21(19,20)15-3-4-16-13(10-15)5-6-17-16/h3-4,10-12,14,17-18H,5-9H2,1-2H3. The molecule has 1 aliphatic carbocycles. The van der Waals surface area contributed by atoms with Gasteiger partial charge in [-0.25, -0.2) is 13.1 Å². The van der Waals surface area contributed by atoms with Gasteiger partial charge in [-0.05, 0) is 61.3 Å². The van der Waals surface area contributed by atoms with Crippen molar-refractivity contribution in [3.05, 3.63) is 23.8 Å². The molecular weight excluding hydrogens is 284 g/mol. The van der Waals surface area contributed by atoms with Gasteiger partial charge in [0.1, 0.15) is 0 Å². The Balaban J connectivity index is 1.77. The summed E-state index contributed by atoms with van der Waals surface area (Å²) in [5.41, 5.74) is 2.16. The Morgan fingerprint density at radius 1 is 1.14 bits per heavy atom. The van der Waals surface area contributed by atoms with E-state index in [2.05, 4.69) is 23.9 Å². The maximum absolute atomic E-state index is 12.6. The van der Waals surface area contributed by atoms with Gasteiger partial charge in [0.2, 0.25) is 10.0 Å². The highest BCUT2D eigenvalue weighted by atomic mass is 32.2. The summed E-state index contributed by atoms with van der Waals surface area (Å²) in [4.78, 5) is 0.399. The maximum Gasteiger partial charge on any atom is 0.240 e. The van der Waals surface area contributed by atoms with Gasteiger partial charge in [-0.15, -0.1) is 0 Å². The molecule has 1 aromatic rings. The van der Waals surface area contributed by atoms with E-state index < -0.39 is 10.0 Å². The molecule has 4 nitrogen and oxygen atoms in total. The molecule has 0 amide bonds. The number of nitrogens with one attached hydrogen (secondary N) is 2. The highest BCUT2D eigenvalue weighted by molar-refractivity contribution is 7.89. The van der Waals surface area contributed by atoms with E-state index in [9.17, 15) is 8.42 Å². The second kappa shape index (κ2) is 5.61. The van der Waals surface area contributed by atoms with Crippen molar-refractivity contribution in [3.8, 4) is 0 Å². The molecule has 0 saturated heterocycles. The van der Waals surface area contributed by atoms with E-state index in [4.69, 9.17) is 0 Å². The minimum atomic E-state index is -3.41. The molecule has 2 aliphatic rings. The monoisotopic (exact) mass is 308 g/mol. The molecule has 0 spiro atoms. The van der Waals surface area contributed by atoms with Crippen molar-refractivity contribution in [1.82, 2.24) is 4.72 Å². The highest BCUT2D eigenvalue weighted by Crippen LogP contribution is 2.30. The smallest absolute Gasteiger partial charge is 0.240 e. The molecular formula is C16H24N2O2S. The average Bonchev–Trinajstić information content (AvgIpc) is 2.83. The predicted octanol–water partition coefficient (Wildman–Crippen LogP) is 2.76. The van der Waals surface area contributed by atoms with Crippen LogP contribution in [0.5, 0.6) is 0 Å². The number of hydrogen-bond donors (Lipinski definition) is 2. The van der Waals surface area contributed by atoms with Gasteiger partial charge >= 0.3 is 0 Å². The van der Waals surface area contributed by atoms with Crippen LogP contribution in [0.1, 0.15) is 38.7 Å². The number of hydrogen-bond acceptors (Lipinski definition) is 3. The average molecular weight is 308 g/mol. The van der Waals surface area contributed by atoms with Crippen LogP contribution in [0.4, 0.5) is 5.69 Å². The molecule has 1 aliphatic heterocycles. The fourth-order valence-corrected chi connectivity index (χ4v) is 5.09. The molecule has 0 bridgehead atoms. The fourth-order valence-electron chi connectivity index (χ4n) is 3.78. The van der Waals surface area contributed by atoms with Crippen molar-refractivity contribution in [2.45, 2.75) is 50.5 Å². The van der Waals surface area contributed by atoms with E-state index >= 15 is 0 Å². The predicted molar refractivity (Wildman–Crippen MR) is 84.9 cm³/mol. The summed E-state index contributed by atoms with van der Waals surface area (Å²) in [7, 11) is -3.41. The van der Waals surface area contributed by atoms with E-state index in [1.165, 1.54) is 6.42 Å². The first-order valence-electron chi connectivity index (χ1n) is 7.83. The van der Waals surface area contributed by atoms with Gasteiger partial charge in [0.05, 0.1) is 4.90 Å². The van der Waals surface area contributed by atoms with Crippen molar-refractivity contribution in [1.29, 1.82) is 0 Å². The third kappa shape index (κ3) is 3.24. The lowest BCUT2D eigenvalue weighted by atomic mass is 9.81. The van der Waals surface area contributed by atoms with Crippen molar-refractivity contribution < 1.29 is 8.42 Å². The van der Waals surface area contributed by atoms with Crippen molar-refractivity contribution in [2.24, 2.45) is 11.8 Å². The van der Waals surface area contributed by atoms with E-state index in [0.29, 0.717) is 16.7 Å². The molecule has 1 heterocycles. The number of rotatable bonds is 3. The van der Waals surface area contributed by atoms with Crippen LogP contribution in [0.15, 0.2) is 23.1 Å². The van der Waals surface area contributed by atoms with E-state index in [1.807, 2.05) is 12.1 Å². The van der Waals surface area contributed by atoms with Crippen LogP contribution in [-0.4, -0.2) is 21.0 Å². The van der Waals surface area contributed by atoms with Crippen LogP contribution in [0, 0.1) is 11.8 Å². The van der Waals surface area contributed by atoms with Crippen LogP contribution in [0.25, 0.3) is 0 Å². The first-order valence-corrected chi connectivity index (χ1v) is 9.31. The third-order valence-electron chi connectivity index (χ3n) is 4.60. The van der Waals surface area contributed by atoms with E-state index in [1.54, 1.807) is 6.07 Å². The Morgan fingerprint density at radius 3 is 2.57 bits per heavy atom. The Kier molecular flexibility index (Phi) is 3.97. The second-order valence-electron chi connectivity index (χ2n) is 6.73. The zero-order chi connectivity index (χ0) is 15.0. The summed E-state index contributed by atoms with van der Waals surface area (Å²) >= 11 is 0. The lowest BCUT2D eigenvalue weighted by Gasteiger charge is -2.31. The summed E-state index contributed by atoms with van der Waals surface area (Å²) in [5.74, 6) is 1.18. The summed E-state index contributed by atoms with van der Waals surface area (Å²) in [5, 5.41) is 3.26. The Labute approximate surface area is 127 Å². The molecule has 3 rings (SSSR count). The summed E-state index contributed by atoms with van der Waals surface area (Å²) in [6.07, 6.45) is 3.98. The van der Waals surface area contributed by atoms with Crippen LogP contribution in [0.2, 0.25) is 0 Å². The van der Waals surface area contributed by atoms with Crippen LogP contribution in [0.3, 0.4) is 0 Å². The molecule has 5 heteroatoms. The van der Waals surface area contributed by atoms with Crippen LogP contribution < -0.4 is 10.0 Å². The Morgan fingerprint density at radius 2 is 1.86 bits per heavy atom. The number of benzene rings is 1. The van der Waals surface area contributed by atoms with Gasteiger partial charge < -0.3 is 5.32 Å². The molecule has 1 saturated carbocycles. The fraction of sp³-hybridized carbons (Fsp3) is 0.625. The molecule has 1 fully saturated rings. The zero-order valence-electron chi connectivity index (χ0n) is 12.7. The number of fused-ring (bicyclic) bond motifs is 1. The molecule has 1 aromatic carbocycles. The minimum absolute atomic E-state index is 0.0696. The van der Waals surface area contributed by atoms with Crippen molar-refractivity contribution >= 4 is 15.7 Å². The molecule has 0 aromatic heterocycles. The molecule has 21 heavy (non-hydrogen) atoms. The lowest BCUT2D eigenvalue weighted by molar-refractivity contribution is 0.257. The summed E-state index contributed by atoms with van der Waals surface area (Å²) in [6, 6.07) is 5.46. The molecule has 0 radical (unpaired) electrons. The molecule has 2 atom stereocenters. The minimum Gasteiger partial charge on any atom is -0.384 e. The number of sulfonamides is 1. The van der Waals surface area contributed by atoms with Gasteiger partial charge in [0, 0.05) is 18.3 Å². The van der Waals surface area contributed by atoms with Crippen LogP contribution in [-0.2, 0) is 16.4 Å². The SMILES string of the molecule is CC1CC(C)CC(NS(=O)(=O)c2ccc3c(c2)CCN3)C1. The molecule has 2 N–H and O–H groups in total. The van der Waals surface area contributed by atoms with Gasteiger partial charge in [-0.2, -0.15) is 0 Å². The lowest BCUT2D eigenvalue weighted by Crippen LogP contribution is -2.40. The molecule has 2 unspecified atom stereocenters. The Bertz CT molecular complexity index is 617. The van der Waals surface area contributed by atoms with Crippen LogP contribution >= 0.6 is 0 Å². The quantitative estimate of drug-likeness (QED) is 0.902. The highest BCUT2D eigenvalue weighted by Gasteiger charge is 2.28. The zero-order valence-corrected chi connectivity index (χ0v) is 13.5. The maximum atomic E-state index is 12.6. The molecule has 116 valence electrons. The third-order valence-corrected chi connectivity index (χ3v) is 6.12. The van der Waals surface area contributed by atoms with Gasteiger partial charge in [0.15, 0.2) is 0 Å². The first kappa shape index (κ1) is 14.9.